The molecule has 0 rings (SSSR count). The van der Waals surface area contributed by atoms with Crippen molar-refractivity contribution in [1.82, 2.24) is 0 Å². The fraction of sp³-hybridized carbons (Fsp3) is 0.616. The van der Waals surface area contributed by atoms with Crippen molar-refractivity contribution >= 4 is 17.9 Å². The number of likely N-dealkylation sites (N-methyl/N-ethyl adjacent to an activating group) is 1. The van der Waals surface area contributed by atoms with Gasteiger partial charge in [-0.25, -0.2) is 0 Å². The maximum atomic E-state index is 13.0. The summed E-state index contributed by atoms with van der Waals surface area (Å²) < 4.78 is 22.8. The summed E-state index contributed by atoms with van der Waals surface area (Å²) in [5.74, 6) is -2.33. The molecule has 0 fully saturated rings. The molecule has 9 nitrogen and oxygen atoms in total. The lowest BCUT2D eigenvalue weighted by Gasteiger charge is -2.26. The summed E-state index contributed by atoms with van der Waals surface area (Å²) >= 11 is 0. The number of quaternary nitrogens is 1. The first-order valence-electron chi connectivity index (χ1n) is 37.9. The predicted octanol–water partition coefficient (Wildman–Crippen LogP) is 23.0. The highest BCUT2D eigenvalue weighted by Gasteiger charge is 2.22. The van der Waals surface area contributed by atoms with E-state index >= 15 is 0 Å². The summed E-state index contributed by atoms with van der Waals surface area (Å²) in [5, 5.41) is 11.9. The van der Waals surface area contributed by atoms with Crippen molar-refractivity contribution in [3.63, 3.8) is 0 Å². The number of hydrogen-bond donors (Lipinski definition) is 0. The van der Waals surface area contributed by atoms with Crippen molar-refractivity contribution in [1.29, 1.82) is 0 Å². The molecule has 95 heavy (non-hydrogen) atoms. The molecule has 0 amide bonds. The van der Waals surface area contributed by atoms with E-state index in [-0.39, 0.29) is 38.6 Å². The Morgan fingerprint density at radius 1 is 0.316 bits per heavy atom. The second-order valence-electron chi connectivity index (χ2n) is 25.8. The molecule has 0 aromatic carbocycles. The lowest BCUT2D eigenvalue weighted by atomic mass is 10.0. The minimum atomic E-state index is -1.64. The van der Waals surface area contributed by atoms with E-state index in [1.807, 2.05) is 21.1 Å². The van der Waals surface area contributed by atoms with Crippen LogP contribution in [0.1, 0.15) is 284 Å². The third-order valence-electron chi connectivity index (χ3n) is 15.6. The number of carbonyl (C=O) groups excluding carboxylic acids is 3. The number of carboxylic acids is 1. The summed E-state index contributed by atoms with van der Waals surface area (Å²) in [6.07, 6.45) is 110. The lowest BCUT2D eigenvalue weighted by molar-refractivity contribution is -0.870. The van der Waals surface area contributed by atoms with Gasteiger partial charge in [-0.2, -0.15) is 0 Å². The third-order valence-corrected chi connectivity index (χ3v) is 15.6. The maximum absolute atomic E-state index is 13.0. The quantitative estimate of drug-likeness (QED) is 0.0195. The number of unbranched alkanes of at least 4 members (excludes halogenated alkanes) is 23. The maximum Gasteiger partial charge on any atom is 0.306 e. The highest BCUT2D eigenvalue weighted by atomic mass is 16.7. The molecule has 0 heterocycles. The molecule has 0 aromatic heterocycles. The van der Waals surface area contributed by atoms with E-state index in [4.69, 9.17) is 18.9 Å². The van der Waals surface area contributed by atoms with Crippen LogP contribution in [0.25, 0.3) is 0 Å². The van der Waals surface area contributed by atoms with Crippen LogP contribution in [0.15, 0.2) is 182 Å². The van der Waals surface area contributed by atoms with Gasteiger partial charge in [0.05, 0.1) is 40.3 Å². The van der Waals surface area contributed by atoms with Crippen molar-refractivity contribution in [3.05, 3.63) is 182 Å². The van der Waals surface area contributed by atoms with Crippen LogP contribution in [0, 0.1) is 0 Å². The Labute approximate surface area is 583 Å². The Bertz CT molecular complexity index is 2220. The van der Waals surface area contributed by atoms with Gasteiger partial charge in [-0.15, -0.1) is 0 Å². The Balaban J connectivity index is 4.17. The third kappa shape index (κ3) is 75.6. The first kappa shape index (κ1) is 89.4. The Morgan fingerprint density at radius 3 is 0.842 bits per heavy atom. The number of carbonyl (C=O) groups is 3. The lowest BCUT2D eigenvalue weighted by Crippen LogP contribution is -2.44. The molecule has 0 aliphatic carbocycles. The topological polar surface area (TPSA) is 111 Å². The smallest absolute Gasteiger partial charge is 0.306 e. The Morgan fingerprint density at radius 2 is 0.568 bits per heavy atom. The molecule has 0 N–H and O–H groups in total. The number of rotatable bonds is 68. The van der Waals surface area contributed by atoms with Gasteiger partial charge in [0, 0.05) is 12.8 Å². The molecule has 2 unspecified atom stereocenters. The standard InChI is InChI=1S/C86H139NO8/c1-6-8-10-12-14-16-18-20-22-24-26-28-30-32-34-36-38-40-42-44-46-48-50-52-54-56-58-60-62-64-66-68-70-72-74-76-83(88)93-80-82(81-94-86(85(90)91)92-79-78-87(3,4)5)95-84(89)77-75-73-71-69-67-65-63-61-59-57-55-53-51-49-47-45-43-41-39-37-35-33-31-29-27-25-23-21-19-17-15-13-11-9-7-2/h8-11,14-17,20-23,26-29,32-35,39,41,45,47,51,53,57,59,63,65,82,86H,6-7,12-13,18-19,24-25,30-31,36-38,40,42-44,46,48-50,52,54-56,58,60-62,64,66-81H2,1-5H3/b10-8-,11-9-,16-14-,17-15-,22-20-,23-21-,28-26-,29-27-,34-32-,35-33-,41-39-,47-45-,53-51-,59-57-,65-63-. The largest absolute Gasteiger partial charge is 0.545 e. The van der Waals surface area contributed by atoms with Crippen LogP contribution >= 0.6 is 0 Å². The van der Waals surface area contributed by atoms with Gasteiger partial charge in [-0.05, 0) is 135 Å². The molecule has 9 heteroatoms. The zero-order valence-corrected chi connectivity index (χ0v) is 61.2. The van der Waals surface area contributed by atoms with Crippen LogP contribution in [-0.4, -0.2) is 82.3 Å². The fourth-order valence-corrected chi connectivity index (χ4v) is 9.95. The van der Waals surface area contributed by atoms with Crippen molar-refractivity contribution in [2.24, 2.45) is 0 Å². The number of allylic oxidation sites excluding steroid dienone is 30. The highest BCUT2D eigenvalue weighted by Crippen LogP contribution is 2.17. The van der Waals surface area contributed by atoms with Crippen molar-refractivity contribution in [2.75, 3.05) is 47.5 Å². The summed E-state index contributed by atoms with van der Waals surface area (Å²) in [6, 6.07) is 0. The van der Waals surface area contributed by atoms with E-state index in [1.165, 1.54) is 109 Å². The molecule has 0 bridgehead atoms. The molecular weight excluding hydrogens is 1170 g/mol. The van der Waals surface area contributed by atoms with Crippen molar-refractivity contribution in [2.45, 2.75) is 296 Å². The zero-order chi connectivity index (χ0) is 69.0. The van der Waals surface area contributed by atoms with Gasteiger partial charge in [0.15, 0.2) is 12.4 Å². The van der Waals surface area contributed by atoms with Crippen LogP contribution < -0.4 is 5.11 Å². The van der Waals surface area contributed by atoms with Crippen LogP contribution in [0.3, 0.4) is 0 Å². The number of nitrogens with zero attached hydrogens (tertiary/aromatic N) is 1. The van der Waals surface area contributed by atoms with Crippen LogP contribution in [-0.2, 0) is 33.3 Å². The van der Waals surface area contributed by atoms with E-state index in [1.54, 1.807) is 0 Å². The van der Waals surface area contributed by atoms with Gasteiger partial charge in [-0.3, -0.25) is 9.59 Å². The van der Waals surface area contributed by atoms with Crippen molar-refractivity contribution in [3.8, 4) is 0 Å². The second kappa shape index (κ2) is 74.2. The first-order chi connectivity index (χ1) is 46.6. The van der Waals surface area contributed by atoms with Gasteiger partial charge < -0.3 is 33.3 Å². The van der Waals surface area contributed by atoms with Gasteiger partial charge >= 0.3 is 11.9 Å². The minimum Gasteiger partial charge on any atom is -0.545 e. The van der Waals surface area contributed by atoms with Crippen LogP contribution in [0.5, 0.6) is 0 Å². The number of carboxylic acid groups (broad SMARTS) is 1. The van der Waals surface area contributed by atoms with Gasteiger partial charge in [0.25, 0.3) is 0 Å². The minimum absolute atomic E-state index is 0.134. The van der Waals surface area contributed by atoms with Gasteiger partial charge in [0.1, 0.15) is 13.2 Å². The SMILES string of the molecule is CC/C=C\C/C=C\C/C=C\C/C=C\C/C=C\C/C=C\C/C=C\C/C=C\C/C=C\C/C=C\CCCCCCC(=O)OC(COC(=O)CCCCCCCCCCCCCCCCCCCCC/C=C\C/C=C\C/C=C\C/C=C\C/C=C\CC)COC(OCC[N+](C)(C)C)C(=O)[O-]. The van der Waals surface area contributed by atoms with E-state index in [9.17, 15) is 19.5 Å². The molecule has 0 saturated carbocycles. The summed E-state index contributed by atoms with van der Waals surface area (Å²) in [6.45, 7) is 4.49. The molecule has 0 radical (unpaired) electrons. The summed E-state index contributed by atoms with van der Waals surface area (Å²) in [4.78, 5) is 37.6. The molecule has 536 valence electrons. The summed E-state index contributed by atoms with van der Waals surface area (Å²) in [7, 11) is 5.91. The monoisotopic (exact) mass is 1310 g/mol. The van der Waals surface area contributed by atoms with Gasteiger partial charge in [0.2, 0.25) is 0 Å². The molecule has 0 saturated heterocycles. The number of ether oxygens (including phenoxy) is 4. The van der Waals surface area contributed by atoms with E-state index in [0.717, 1.165) is 141 Å². The number of esters is 2. The molecule has 2 atom stereocenters. The normalized spacial score (nSPS) is 13.7. The molecular formula is C86H139NO8. The number of aliphatic carboxylic acids is 1. The van der Waals surface area contributed by atoms with Gasteiger partial charge in [-0.1, -0.05) is 318 Å². The molecule has 0 aromatic rings. The Kier molecular flexibility index (Phi) is 69.8. The molecule has 0 spiro atoms. The van der Waals surface area contributed by atoms with Crippen LogP contribution in [0.2, 0.25) is 0 Å². The molecule has 0 aliphatic rings. The Hall–Kier alpha value is -5.61. The predicted molar refractivity (Wildman–Crippen MR) is 407 cm³/mol. The zero-order valence-electron chi connectivity index (χ0n) is 61.2. The van der Waals surface area contributed by atoms with Crippen molar-refractivity contribution < 1.29 is 42.9 Å². The average molecular weight is 1320 g/mol. The highest BCUT2D eigenvalue weighted by molar-refractivity contribution is 5.70. The fourth-order valence-electron chi connectivity index (χ4n) is 9.95. The van der Waals surface area contributed by atoms with E-state index in [0.29, 0.717) is 17.4 Å². The molecule has 0 aliphatic heterocycles. The first-order valence-corrected chi connectivity index (χ1v) is 37.9. The number of hydrogen-bond acceptors (Lipinski definition) is 8. The van der Waals surface area contributed by atoms with Crippen LogP contribution in [0.4, 0.5) is 0 Å². The average Bonchev–Trinajstić information content (AvgIpc) is 3.58. The van der Waals surface area contributed by atoms with E-state index in [2.05, 4.69) is 196 Å². The second-order valence-corrected chi connectivity index (χ2v) is 25.8. The summed E-state index contributed by atoms with van der Waals surface area (Å²) in [5.41, 5.74) is 0. The van der Waals surface area contributed by atoms with E-state index < -0.39 is 24.3 Å².